The fourth-order valence-corrected chi connectivity index (χ4v) is 4.68. The number of alkyl halides is 4. The van der Waals surface area contributed by atoms with Gasteiger partial charge in [0.2, 0.25) is 5.91 Å². The zero-order valence-corrected chi connectivity index (χ0v) is 21.9. The van der Waals surface area contributed by atoms with Gasteiger partial charge in [-0.3, -0.25) is 9.59 Å². The van der Waals surface area contributed by atoms with Crippen LogP contribution in [0.25, 0.3) is 0 Å². The highest BCUT2D eigenvalue weighted by Gasteiger charge is 2.56. The van der Waals surface area contributed by atoms with Crippen molar-refractivity contribution in [1.29, 1.82) is 0 Å². The number of anilines is 1. The zero-order chi connectivity index (χ0) is 28.2. The van der Waals surface area contributed by atoms with Crippen LogP contribution in [-0.2, 0) is 33.7 Å². The molecule has 2 aromatic carbocycles. The Bertz CT molecular complexity index is 1320. The number of benzene rings is 2. The molecule has 3 aromatic rings. The highest BCUT2D eigenvalue weighted by atomic mass is 35.5. The number of aromatic nitrogens is 1. The molecule has 0 atom stereocenters. The largest absolute Gasteiger partial charge is 0.416 e. The van der Waals surface area contributed by atoms with E-state index in [0.717, 1.165) is 30.0 Å². The summed E-state index contributed by atoms with van der Waals surface area (Å²) in [6.45, 7) is 0.0535. The predicted molar refractivity (Wildman–Crippen MR) is 138 cm³/mol. The first-order valence-corrected chi connectivity index (χ1v) is 12.7. The van der Waals surface area contributed by atoms with E-state index in [0.29, 0.717) is 5.56 Å². The van der Waals surface area contributed by atoms with E-state index in [-0.39, 0.29) is 36.8 Å². The summed E-state index contributed by atoms with van der Waals surface area (Å²) in [6.07, 6.45) is -3.72. The number of ether oxygens (including phenoxy) is 1. The Morgan fingerprint density at radius 2 is 1.74 bits per heavy atom. The molecule has 6 nitrogen and oxygen atoms in total. The normalized spacial score (nSPS) is 18.8. The molecule has 1 aliphatic carbocycles. The van der Waals surface area contributed by atoms with E-state index in [1.807, 2.05) is 30.3 Å². The molecule has 1 aliphatic rings. The van der Waals surface area contributed by atoms with Crippen LogP contribution < -0.4 is 5.32 Å². The first-order chi connectivity index (χ1) is 18.5. The number of nitrogens with one attached hydrogen (secondary N) is 1. The Hall–Kier alpha value is -3.21. The van der Waals surface area contributed by atoms with E-state index in [4.69, 9.17) is 27.9 Å². The number of carbonyl (C=O) groups excluding carboxylic acids is 2. The summed E-state index contributed by atoms with van der Waals surface area (Å²) in [5, 5.41) is 2.45. The number of pyridine rings is 1. The van der Waals surface area contributed by atoms with Gasteiger partial charge in [-0.25, -0.2) is 9.37 Å². The standard InChI is InChI=1S/C27H23Cl2F4N3O3/c28-13-23(37)36(15-17-6-8-19(9-7-17)27(31,32)33)26(25(38)35-24-22(30)10-20(29)14-34-24)11-21(12-26)39-16-18-4-2-1-3-5-18/h1-10,14,21H,11-13,15-16H2,(H,34,35,38). The third-order valence-electron chi connectivity index (χ3n) is 6.48. The highest BCUT2D eigenvalue weighted by molar-refractivity contribution is 6.30. The number of rotatable bonds is 9. The maximum Gasteiger partial charge on any atom is 0.416 e. The summed E-state index contributed by atoms with van der Waals surface area (Å²) in [6, 6.07) is 14.6. The van der Waals surface area contributed by atoms with E-state index in [9.17, 15) is 27.2 Å². The summed E-state index contributed by atoms with van der Waals surface area (Å²) in [5.41, 5.74) is -1.12. The van der Waals surface area contributed by atoms with E-state index in [1.54, 1.807) is 0 Å². The molecule has 12 heteroatoms. The van der Waals surface area contributed by atoms with Crippen LogP contribution in [0.4, 0.5) is 23.4 Å². The van der Waals surface area contributed by atoms with E-state index >= 15 is 0 Å². The molecule has 1 fully saturated rings. The molecule has 2 amide bonds. The molecular formula is C27H23Cl2F4N3O3. The molecule has 1 saturated carbocycles. The number of hydrogen-bond donors (Lipinski definition) is 1. The van der Waals surface area contributed by atoms with Crippen molar-refractivity contribution in [2.45, 2.75) is 43.8 Å². The van der Waals surface area contributed by atoms with Crippen LogP contribution in [0.1, 0.15) is 29.5 Å². The van der Waals surface area contributed by atoms with Gasteiger partial charge >= 0.3 is 6.18 Å². The second kappa shape index (κ2) is 11.9. The molecule has 0 aliphatic heterocycles. The van der Waals surface area contributed by atoms with Gasteiger partial charge < -0.3 is 15.0 Å². The molecule has 1 aromatic heterocycles. The van der Waals surface area contributed by atoms with Gasteiger partial charge in [-0.2, -0.15) is 13.2 Å². The fourth-order valence-electron chi connectivity index (χ4n) is 4.39. The Labute approximate surface area is 231 Å². The summed E-state index contributed by atoms with van der Waals surface area (Å²) >= 11 is 11.6. The molecule has 206 valence electrons. The number of nitrogens with zero attached hydrogens (tertiary/aromatic N) is 2. The molecule has 0 radical (unpaired) electrons. The smallest absolute Gasteiger partial charge is 0.373 e. The quantitative estimate of drug-likeness (QED) is 0.240. The maximum absolute atomic E-state index is 14.4. The molecule has 0 unspecified atom stereocenters. The Morgan fingerprint density at radius 1 is 1.08 bits per heavy atom. The van der Waals surface area contributed by atoms with Gasteiger partial charge in [-0.15, -0.1) is 11.6 Å². The number of halogens is 6. The lowest BCUT2D eigenvalue weighted by Crippen LogP contribution is -2.67. The minimum atomic E-state index is -4.53. The lowest BCUT2D eigenvalue weighted by Gasteiger charge is -2.52. The third-order valence-corrected chi connectivity index (χ3v) is 6.91. The van der Waals surface area contributed by atoms with Gasteiger partial charge in [0.05, 0.1) is 23.3 Å². The number of amides is 2. The van der Waals surface area contributed by atoms with Crippen molar-refractivity contribution in [2.75, 3.05) is 11.2 Å². The predicted octanol–water partition coefficient (Wildman–Crippen LogP) is 6.22. The van der Waals surface area contributed by atoms with Crippen molar-refractivity contribution < 1.29 is 31.9 Å². The molecule has 4 rings (SSSR count). The molecule has 1 N–H and O–H groups in total. The van der Waals surface area contributed by atoms with Crippen molar-refractivity contribution in [3.05, 3.63) is 94.4 Å². The van der Waals surface area contributed by atoms with Crippen molar-refractivity contribution in [1.82, 2.24) is 9.88 Å². The van der Waals surface area contributed by atoms with Crippen LogP contribution in [-0.4, -0.2) is 39.2 Å². The molecular weight excluding hydrogens is 561 g/mol. The van der Waals surface area contributed by atoms with Crippen LogP contribution in [0.3, 0.4) is 0 Å². The van der Waals surface area contributed by atoms with Crippen molar-refractivity contribution in [3.63, 3.8) is 0 Å². The van der Waals surface area contributed by atoms with Gasteiger partial charge in [0.15, 0.2) is 11.6 Å². The summed E-state index contributed by atoms with van der Waals surface area (Å²) in [5.74, 6) is -3.11. The summed E-state index contributed by atoms with van der Waals surface area (Å²) in [7, 11) is 0. The topological polar surface area (TPSA) is 71.5 Å². The van der Waals surface area contributed by atoms with E-state index < -0.39 is 46.9 Å². The Balaban J connectivity index is 1.60. The lowest BCUT2D eigenvalue weighted by molar-refractivity contribution is -0.165. The second-order valence-corrected chi connectivity index (χ2v) is 9.81. The maximum atomic E-state index is 14.4. The van der Waals surface area contributed by atoms with Crippen LogP contribution in [0.2, 0.25) is 5.02 Å². The van der Waals surface area contributed by atoms with Crippen molar-refractivity contribution >= 4 is 40.8 Å². The fraction of sp³-hybridized carbons (Fsp3) is 0.296. The van der Waals surface area contributed by atoms with Gasteiger partial charge in [-0.05, 0) is 29.3 Å². The molecule has 39 heavy (non-hydrogen) atoms. The van der Waals surface area contributed by atoms with Crippen molar-refractivity contribution in [2.24, 2.45) is 0 Å². The monoisotopic (exact) mass is 583 g/mol. The minimum absolute atomic E-state index is 0.0273. The molecule has 0 bridgehead atoms. The second-order valence-electron chi connectivity index (χ2n) is 9.10. The molecule has 0 spiro atoms. The van der Waals surface area contributed by atoms with Crippen molar-refractivity contribution in [3.8, 4) is 0 Å². The van der Waals surface area contributed by atoms with Gasteiger partial charge in [0.25, 0.3) is 5.91 Å². The van der Waals surface area contributed by atoms with Crippen LogP contribution >= 0.6 is 23.2 Å². The van der Waals surface area contributed by atoms with Crippen LogP contribution in [0, 0.1) is 5.82 Å². The van der Waals surface area contributed by atoms with E-state index in [1.165, 1.54) is 17.0 Å². The Kier molecular flexibility index (Phi) is 8.78. The number of hydrogen-bond acceptors (Lipinski definition) is 4. The van der Waals surface area contributed by atoms with Gasteiger partial charge in [0, 0.05) is 25.6 Å². The average molecular weight is 584 g/mol. The average Bonchev–Trinajstić information content (AvgIpc) is 2.88. The minimum Gasteiger partial charge on any atom is -0.373 e. The molecule has 0 saturated heterocycles. The van der Waals surface area contributed by atoms with Gasteiger partial charge in [0.1, 0.15) is 11.4 Å². The van der Waals surface area contributed by atoms with Gasteiger partial charge in [-0.1, -0.05) is 54.1 Å². The lowest BCUT2D eigenvalue weighted by atomic mass is 9.71. The summed E-state index contributed by atoms with van der Waals surface area (Å²) in [4.78, 5) is 31.7. The summed E-state index contributed by atoms with van der Waals surface area (Å²) < 4.78 is 59.5. The highest BCUT2D eigenvalue weighted by Crippen LogP contribution is 2.43. The first-order valence-electron chi connectivity index (χ1n) is 11.8. The number of carbonyl (C=O) groups is 2. The SMILES string of the molecule is O=C(CCl)N(Cc1ccc(C(F)(F)F)cc1)C1(C(=O)Nc2ncc(Cl)cc2F)CC(OCc2ccccc2)C1. The van der Waals surface area contributed by atoms with Crippen LogP contribution in [0.5, 0.6) is 0 Å². The molecule has 1 heterocycles. The van der Waals surface area contributed by atoms with E-state index in [2.05, 4.69) is 10.3 Å². The Morgan fingerprint density at radius 3 is 2.33 bits per heavy atom. The third kappa shape index (κ3) is 6.69. The first kappa shape index (κ1) is 28.8. The zero-order valence-electron chi connectivity index (χ0n) is 20.4. The van der Waals surface area contributed by atoms with Crippen LogP contribution in [0.15, 0.2) is 66.9 Å².